The van der Waals surface area contributed by atoms with Gasteiger partial charge in [0.15, 0.2) is 5.13 Å². The zero-order valence-electron chi connectivity index (χ0n) is 16.0. The number of benzene rings is 1. The first-order chi connectivity index (χ1) is 13.0. The molecule has 6 nitrogen and oxygen atoms in total. The lowest BCUT2D eigenvalue weighted by Gasteiger charge is -2.29. The highest BCUT2D eigenvalue weighted by Crippen LogP contribution is 2.31. The summed E-state index contributed by atoms with van der Waals surface area (Å²) in [5.74, 6) is 0.0462. The summed E-state index contributed by atoms with van der Waals surface area (Å²) in [6, 6.07) is 9.77. The number of carbonyl (C=O) groups is 2. The van der Waals surface area contributed by atoms with Crippen LogP contribution in [0.5, 0.6) is 0 Å². The molecule has 0 saturated heterocycles. The van der Waals surface area contributed by atoms with Crippen molar-refractivity contribution in [3.05, 3.63) is 46.5 Å². The van der Waals surface area contributed by atoms with Crippen molar-refractivity contribution in [3.63, 3.8) is 0 Å². The van der Waals surface area contributed by atoms with Gasteiger partial charge in [0.05, 0.1) is 18.2 Å². The molecule has 0 saturated carbocycles. The van der Waals surface area contributed by atoms with Crippen LogP contribution in [0.4, 0.5) is 9.93 Å². The highest BCUT2D eigenvalue weighted by Gasteiger charge is 2.29. The number of aromatic nitrogens is 1. The lowest BCUT2D eigenvalue weighted by Crippen LogP contribution is -2.38. The van der Waals surface area contributed by atoms with E-state index in [2.05, 4.69) is 15.6 Å². The Kier molecular flexibility index (Phi) is 6.11. The predicted molar refractivity (Wildman–Crippen MR) is 108 cm³/mol. The number of carbonyl (C=O) groups excluding carboxylic acids is 2. The van der Waals surface area contributed by atoms with Gasteiger partial charge in [0.2, 0.25) is 5.91 Å². The molecule has 0 fully saturated rings. The van der Waals surface area contributed by atoms with E-state index in [1.807, 2.05) is 56.0 Å². The first kappa shape index (κ1) is 19.4. The van der Waals surface area contributed by atoms with Crippen LogP contribution in [0, 0.1) is 0 Å². The molecule has 1 aromatic heterocycles. The minimum absolute atomic E-state index is 0.0664. The second-order valence-corrected chi connectivity index (χ2v) is 8.11. The molecule has 27 heavy (non-hydrogen) atoms. The number of urea groups is 1. The van der Waals surface area contributed by atoms with Gasteiger partial charge in [-0.2, -0.15) is 0 Å². The quantitative estimate of drug-likeness (QED) is 0.822. The van der Waals surface area contributed by atoms with Gasteiger partial charge in [-0.15, -0.1) is 0 Å². The van der Waals surface area contributed by atoms with Gasteiger partial charge in [0.25, 0.3) is 0 Å². The molecule has 0 aliphatic carbocycles. The zero-order chi connectivity index (χ0) is 19.4. The van der Waals surface area contributed by atoms with E-state index >= 15 is 0 Å². The molecule has 3 rings (SSSR count). The summed E-state index contributed by atoms with van der Waals surface area (Å²) < 4.78 is 0. The molecule has 0 radical (unpaired) electrons. The van der Waals surface area contributed by atoms with Crippen molar-refractivity contribution in [2.24, 2.45) is 0 Å². The van der Waals surface area contributed by atoms with Crippen molar-refractivity contribution >= 4 is 28.4 Å². The van der Waals surface area contributed by atoms with E-state index < -0.39 is 0 Å². The fraction of sp³-hybridized carbons (Fsp3) is 0.450. The zero-order valence-corrected chi connectivity index (χ0v) is 16.8. The summed E-state index contributed by atoms with van der Waals surface area (Å²) in [6.07, 6.45) is 1.49. The second kappa shape index (κ2) is 8.52. The molecular formula is C20H26N4O2S. The molecule has 2 aromatic rings. The van der Waals surface area contributed by atoms with Crippen molar-refractivity contribution in [2.75, 3.05) is 11.9 Å². The number of rotatable bonds is 5. The molecule has 1 aliphatic heterocycles. The Morgan fingerprint density at radius 2 is 2.00 bits per heavy atom. The topological polar surface area (TPSA) is 74.3 Å². The van der Waals surface area contributed by atoms with Crippen LogP contribution in [0.25, 0.3) is 0 Å². The van der Waals surface area contributed by atoms with Crippen LogP contribution < -0.4 is 10.6 Å². The number of hydrogen-bond donors (Lipinski definition) is 2. The number of thiazole rings is 1. The molecule has 144 valence electrons. The lowest BCUT2D eigenvalue weighted by molar-refractivity contribution is -0.133. The van der Waals surface area contributed by atoms with Gasteiger partial charge < -0.3 is 10.2 Å². The SMILES string of the molecule is CCC(C(=O)N1CCc2nc(NC(=O)NC(C)C)sc2C1)c1ccccc1. The van der Waals surface area contributed by atoms with Gasteiger partial charge in [-0.3, -0.25) is 10.1 Å². The number of hydrogen-bond acceptors (Lipinski definition) is 4. The maximum Gasteiger partial charge on any atom is 0.321 e. The van der Waals surface area contributed by atoms with Crippen LogP contribution in [-0.4, -0.2) is 34.4 Å². The highest BCUT2D eigenvalue weighted by atomic mass is 32.1. The molecular weight excluding hydrogens is 360 g/mol. The van der Waals surface area contributed by atoms with Gasteiger partial charge in [-0.05, 0) is 25.8 Å². The van der Waals surface area contributed by atoms with E-state index in [1.54, 1.807) is 0 Å². The Hall–Kier alpha value is -2.41. The number of nitrogens with zero attached hydrogens (tertiary/aromatic N) is 2. The monoisotopic (exact) mass is 386 g/mol. The highest BCUT2D eigenvalue weighted by molar-refractivity contribution is 7.15. The van der Waals surface area contributed by atoms with E-state index in [9.17, 15) is 9.59 Å². The van der Waals surface area contributed by atoms with E-state index in [-0.39, 0.29) is 23.9 Å². The molecule has 0 bridgehead atoms. The van der Waals surface area contributed by atoms with Crippen LogP contribution in [0.1, 0.15) is 49.2 Å². The smallest absolute Gasteiger partial charge is 0.321 e. The first-order valence-corrected chi connectivity index (χ1v) is 10.2. The van der Waals surface area contributed by atoms with Crippen molar-refractivity contribution in [1.29, 1.82) is 0 Å². The van der Waals surface area contributed by atoms with Crippen LogP contribution in [0.2, 0.25) is 0 Å². The van der Waals surface area contributed by atoms with Gasteiger partial charge in [0.1, 0.15) is 0 Å². The normalized spacial score (nSPS) is 14.6. The lowest BCUT2D eigenvalue weighted by atomic mass is 9.94. The van der Waals surface area contributed by atoms with Crippen molar-refractivity contribution in [2.45, 2.75) is 52.1 Å². The van der Waals surface area contributed by atoms with Crippen LogP contribution in [0.15, 0.2) is 30.3 Å². The van der Waals surface area contributed by atoms with E-state index in [4.69, 9.17) is 0 Å². The summed E-state index contributed by atoms with van der Waals surface area (Å²) >= 11 is 1.45. The predicted octanol–water partition coefficient (Wildman–Crippen LogP) is 3.75. The number of nitrogens with one attached hydrogen (secondary N) is 2. The summed E-state index contributed by atoms with van der Waals surface area (Å²) in [7, 11) is 0. The Morgan fingerprint density at radius 1 is 1.26 bits per heavy atom. The third-order valence-electron chi connectivity index (χ3n) is 4.59. The second-order valence-electron chi connectivity index (χ2n) is 7.02. The molecule has 1 aromatic carbocycles. The van der Waals surface area contributed by atoms with E-state index in [1.165, 1.54) is 11.3 Å². The number of amides is 3. The summed E-state index contributed by atoms with van der Waals surface area (Å²) in [4.78, 5) is 32.4. The third-order valence-corrected chi connectivity index (χ3v) is 5.59. The molecule has 0 spiro atoms. The summed E-state index contributed by atoms with van der Waals surface area (Å²) in [5, 5.41) is 6.17. The van der Waals surface area contributed by atoms with E-state index in [0.717, 1.165) is 29.0 Å². The fourth-order valence-corrected chi connectivity index (χ4v) is 4.31. The van der Waals surface area contributed by atoms with Crippen molar-refractivity contribution in [1.82, 2.24) is 15.2 Å². The largest absolute Gasteiger partial charge is 0.337 e. The standard InChI is InChI=1S/C20H26N4O2S/c1-4-15(14-8-6-5-7-9-14)18(25)24-11-10-16-17(12-24)27-20(22-16)23-19(26)21-13(2)3/h5-9,13,15H,4,10-12H2,1-3H3,(H2,21,22,23,26). The van der Waals surface area contributed by atoms with Gasteiger partial charge in [-0.25, -0.2) is 9.78 Å². The maximum atomic E-state index is 13.1. The van der Waals surface area contributed by atoms with Crippen molar-refractivity contribution in [3.8, 4) is 0 Å². The average molecular weight is 387 g/mol. The minimum atomic E-state index is -0.251. The molecule has 1 aliphatic rings. The Labute approximate surface area is 164 Å². The first-order valence-electron chi connectivity index (χ1n) is 9.37. The summed E-state index contributed by atoms with van der Waals surface area (Å²) in [6.45, 7) is 7.09. The van der Waals surface area contributed by atoms with Gasteiger partial charge in [-0.1, -0.05) is 48.6 Å². The minimum Gasteiger partial charge on any atom is -0.337 e. The molecule has 3 amide bonds. The van der Waals surface area contributed by atoms with Crippen LogP contribution in [0.3, 0.4) is 0 Å². The van der Waals surface area contributed by atoms with Crippen LogP contribution in [-0.2, 0) is 17.8 Å². The molecule has 7 heteroatoms. The fourth-order valence-electron chi connectivity index (χ4n) is 3.29. The molecule has 2 N–H and O–H groups in total. The third kappa shape index (κ3) is 4.66. The number of fused-ring (bicyclic) bond motifs is 1. The Morgan fingerprint density at radius 3 is 2.67 bits per heavy atom. The van der Waals surface area contributed by atoms with Crippen molar-refractivity contribution < 1.29 is 9.59 Å². The van der Waals surface area contributed by atoms with Gasteiger partial charge >= 0.3 is 6.03 Å². The Bertz CT molecular complexity index is 804. The summed E-state index contributed by atoms with van der Waals surface area (Å²) in [5.41, 5.74) is 2.05. The van der Waals surface area contributed by atoms with E-state index in [0.29, 0.717) is 18.2 Å². The number of anilines is 1. The Balaban J connectivity index is 1.68. The van der Waals surface area contributed by atoms with Crippen LogP contribution >= 0.6 is 11.3 Å². The molecule has 1 unspecified atom stereocenters. The molecule has 1 atom stereocenters. The maximum absolute atomic E-state index is 13.1. The average Bonchev–Trinajstić information content (AvgIpc) is 3.03. The molecule has 2 heterocycles. The van der Waals surface area contributed by atoms with Gasteiger partial charge in [0, 0.05) is 23.9 Å².